The molecule has 114 valence electrons. The maximum atomic E-state index is 3.64. The minimum Gasteiger partial charge on any atom is -0.314 e. The maximum Gasteiger partial charge on any atom is 0.00791 e. The fraction of sp³-hybridized carbons (Fsp3) is 0.684. The van der Waals surface area contributed by atoms with Crippen LogP contribution in [0.5, 0.6) is 0 Å². The van der Waals surface area contributed by atoms with Crippen LogP contribution in [0.15, 0.2) is 30.3 Å². The number of nitrogens with one attached hydrogen (secondary N) is 1. The SMILES string of the molecule is CCCCCCCCCCNC(C)Cc1ccccc1. The Hall–Kier alpha value is -0.820. The largest absolute Gasteiger partial charge is 0.314 e. The standard InChI is InChI=1S/C19H33N/c1-3-4-5-6-7-8-9-13-16-20-18(2)17-19-14-11-10-12-15-19/h10-12,14-15,18,20H,3-9,13,16-17H2,1-2H3. The average molecular weight is 275 g/mol. The third kappa shape index (κ3) is 9.14. The fourth-order valence-electron chi connectivity index (χ4n) is 2.65. The molecule has 0 aliphatic rings. The molecule has 1 nitrogen and oxygen atoms in total. The van der Waals surface area contributed by atoms with E-state index in [-0.39, 0.29) is 0 Å². The van der Waals surface area contributed by atoms with Gasteiger partial charge in [-0.05, 0) is 31.9 Å². The third-order valence-electron chi connectivity index (χ3n) is 3.91. The highest BCUT2D eigenvalue weighted by molar-refractivity contribution is 5.15. The van der Waals surface area contributed by atoms with Gasteiger partial charge in [0.1, 0.15) is 0 Å². The third-order valence-corrected chi connectivity index (χ3v) is 3.91. The summed E-state index contributed by atoms with van der Waals surface area (Å²) in [6, 6.07) is 11.4. The summed E-state index contributed by atoms with van der Waals surface area (Å²) in [6.07, 6.45) is 12.3. The molecule has 0 saturated heterocycles. The van der Waals surface area contributed by atoms with Gasteiger partial charge < -0.3 is 5.32 Å². The Morgan fingerprint density at radius 2 is 1.45 bits per heavy atom. The van der Waals surface area contributed by atoms with Crippen LogP contribution < -0.4 is 5.32 Å². The van der Waals surface area contributed by atoms with E-state index in [4.69, 9.17) is 0 Å². The Morgan fingerprint density at radius 3 is 2.10 bits per heavy atom. The summed E-state index contributed by atoms with van der Waals surface area (Å²) < 4.78 is 0. The van der Waals surface area contributed by atoms with Crippen molar-refractivity contribution in [1.29, 1.82) is 0 Å². The molecule has 0 radical (unpaired) electrons. The Balaban J connectivity index is 1.91. The molecule has 1 rings (SSSR count). The molecule has 0 aliphatic heterocycles. The fourth-order valence-corrected chi connectivity index (χ4v) is 2.65. The van der Waals surface area contributed by atoms with E-state index >= 15 is 0 Å². The van der Waals surface area contributed by atoms with Gasteiger partial charge >= 0.3 is 0 Å². The van der Waals surface area contributed by atoms with Gasteiger partial charge in [0.15, 0.2) is 0 Å². The predicted molar refractivity (Wildman–Crippen MR) is 90.2 cm³/mol. The first-order valence-electron chi connectivity index (χ1n) is 8.60. The average Bonchev–Trinajstić information content (AvgIpc) is 2.46. The smallest absolute Gasteiger partial charge is 0.00791 e. The van der Waals surface area contributed by atoms with E-state index in [0.29, 0.717) is 6.04 Å². The minimum atomic E-state index is 0.585. The van der Waals surface area contributed by atoms with Crippen LogP contribution in [0.2, 0.25) is 0 Å². The van der Waals surface area contributed by atoms with Gasteiger partial charge in [-0.2, -0.15) is 0 Å². The lowest BCUT2D eigenvalue weighted by atomic mass is 10.1. The van der Waals surface area contributed by atoms with Gasteiger partial charge in [-0.25, -0.2) is 0 Å². The number of benzene rings is 1. The number of hydrogen-bond acceptors (Lipinski definition) is 1. The van der Waals surface area contributed by atoms with Crippen LogP contribution in [0.1, 0.15) is 70.8 Å². The van der Waals surface area contributed by atoms with Crippen molar-refractivity contribution in [3.8, 4) is 0 Å². The Kier molecular flexibility index (Phi) is 10.3. The molecule has 1 atom stereocenters. The first-order valence-corrected chi connectivity index (χ1v) is 8.60. The van der Waals surface area contributed by atoms with Crippen molar-refractivity contribution < 1.29 is 0 Å². The van der Waals surface area contributed by atoms with Crippen LogP contribution in [0, 0.1) is 0 Å². The molecule has 0 fully saturated rings. The quantitative estimate of drug-likeness (QED) is 0.507. The van der Waals surface area contributed by atoms with Crippen LogP contribution >= 0.6 is 0 Å². The van der Waals surface area contributed by atoms with Gasteiger partial charge in [0, 0.05) is 6.04 Å². The summed E-state index contributed by atoms with van der Waals surface area (Å²) in [5.74, 6) is 0. The molecule has 20 heavy (non-hydrogen) atoms. The molecule has 1 aromatic rings. The zero-order valence-electron chi connectivity index (χ0n) is 13.5. The molecule has 0 heterocycles. The van der Waals surface area contributed by atoms with Crippen LogP contribution in [-0.4, -0.2) is 12.6 Å². The van der Waals surface area contributed by atoms with Crippen LogP contribution in [-0.2, 0) is 6.42 Å². The van der Waals surface area contributed by atoms with E-state index in [2.05, 4.69) is 49.5 Å². The molecular formula is C19H33N. The molecule has 1 heteroatoms. The van der Waals surface area contributed by atoms with Gasteiger partial charge in [0.2, 0.25) is 0 Å². The molecule has 0 aliphatic carbocycles. The molecule has 0 spiro atoms. The zero-order chi connectivity index (χ0) is 14.5. The normalized spacial score (nSPS) is 12.5. The van der Waals surface area contributed by atoms with Gasteiger partial charge in [-0.1, -0.05) is 82.2 Å². The monoisotopic (exact) mass is 275 g/mol. The molecule has 1 unspecified atom stereocenters. The second-order valence-electron chi connectivity index (χ2n) is 6.02. The molecule has 0 saturated carbocycles. The summed E-state index contributed by atoms with van der Waals surface area (Å²) in [5, 5.41) is 3.64. The van der Waals surface area contributed by atoms with E-state index in [1.807, 2.05) is 0 Å². The predicted octanol–water partition coefficient (Wildman–Crippen LogP) is 5.35. The van der Waals surface area contributed by atoms with Gasteiger partial charge in [-0.15, -0.1) is 0 Å². The van der Waals surface area contributed by atoms with E-state index in [0.717, 1.165) is 6.42 Å². The molecule has 0 bridgehead atoms. The van der Waals surface area contributed by atoms with E-state index in [1.165, 1.54) is 63.5 Å². The number of hydrogen-bond donors (Lipinski definition) is 1. The van der Waals surface area contributed by atoms with E-state index in [9.17, 15) is 0 Å². The summed E-state index contributed by atoms with van der Waals surface area (Å²) in [7, 11) is 0. The summed E-state index contributed by atoms with van der Waals surface area (Å²) in [4.78, 5) is 0. The van der Waals surface area contributed by atoms with Crippen molar-refractivity contribution in [2.75, 3.05) is 6.54 Å². The van der Waals surface area contributed by atoms with Gasteiger partial charge in [0.25, 0.3) is 0 Å². The first kappa shape index (κ1) is 17.2. The lowest BCUT2D eigenvalue weighted by Crippen LogP contribution is -2.28. The van der Waals surface area contributed by atoms with E-state index < -0.39 is 0 Å². The van der Waals surface area contributed by atoms with E-state index in [1.54, 1.807) is 0 Å². The molecule has 1 aromatic carbocycles. The Bertz CT molecular complexity index is 307. The minimum absolute atomic E-state index is 0.585. The second-order valence-corrected chi connectivity index (χ2v) is 6.02. The lowest BCUT2D eigenvalue weighted by Gasteiger charge is -2.13. The molecule has 0 amide bonds. The number of rotatable bonds is 12. The second kappa shape index (κ2) is 12.0. The van der Waals surface area contributed by atoms with Crippen molar-refractivity contribution in [3.63, 3.8) is 0 Å². The van der Waals surface area contributed by atoms with Crippen molar-refractivity contribution in [2.24, 2.45) is 0 Å². The summed E-state index contributed by atoms with van der Waals surface area (Å²) in [6.45, 7) is 5.74. The highest BCUT2D eigenvalue weighted by atomic mass is 14.9. The lowest BCUT2D eigenvalue weighted by molar-refractivity contribution is 0.508. The maximum absolute atomic E-state index is 3.64. The van der Waals surface area contributed by atoms with Crippen molar-refractivity contribution in [1.82, 2.24) is 5.32 Å². The Morgan fingerprint density at radius 1 is 0.850 bits per heavy atom. The van der Waals surface area contributed by atoms with Gasteiger partial charge in [-0.3, -0.25) is 0 Å². The van der Waals surface area contributed by atoms with Crippen molar-refractivity contribution in [3.05, 3.63) is 35.9 Å². The van der Waals surface area contributed by atoms with Crippen molar-refractivity contribution in [2.45, 2.75) is 77.7 Å². The summed E-state index contributed by atoms with van der Waals surface area (Å²) >= 11 is 0. The van der Waals surface area contributed by atoms with Crippen molar-refractivity contribution >= 4 is 0 Å². The Labute approximate surface area is 126 Å². The zero-order valence-corrected chi connectivity index (χ0v) is 13.5. The highest BCUT2D eigenvalue weighted by Crippen LogP contribution is 2.08. The first-order chi connectivity index (χ1) is 9.83. The number of unbranched alkanes of at least 4 members (excludes halogenated alkanes) is 7. The van der Waals surface area contributed by atoms with Crippen LogP contribution in [0.25, 0.3) is 0 Å². The molecule has 0 aromatic heterocycles. The van der Waals surface area contributed by atoms with Crippen LogP contribution in [0.4, 0.5) is 0 Å². The van der Waals surface area contributed by atoms with Crippen LogP contribution in [0.3, 0.4) is 0 Å². The molecular weight excluding hydrogens is 242 g/mol. The van der Waals surface area contributed by atoms with Gasteiger partial charge in [0.05, 0.1) is 0 Å². The topological polar surface area (TPSA) is 12.0 Å². The molecule has 1 N–H and O–H groups in total. The summed E-state index contributed by atoms with van der Waals surface area (Å²) in [5.41, 5.74) is 1.43. The highest BCUT2D eigenvalue weighted by Gasteiger charge is 2.01.